The Morgan fingerprint density at radius 2 is 2.17 bits per heavy atom. The number of aromatic hydroxyl groups is 1. The standard InChI is InChI=1S/C12H14N4O2/c1-2-5-18-11-4-3-10(12(17)6-11)7-15-16-8-13-14-9-16/h3-4,6-9,17H,2,5H2,1H3. The third kappa shape index (κ3) is 3.07. The van der Waals surface area contributed by atoms with E-state index in [0.717, 1.165) is 6.42 Å². The maximum atomic E-state index is 9.81. The van der Waals surface area contributed by atoms with E-state index in [4.69, 9.17) is 4.74 Å². The Hall–Kier alpha value is -2.37. The van der Waals surface area contributed by atoms with Crippen molar-refractivity contribution in [2.75, 3.05) is 6.61 Å². The molecule has 2 aromatic rings. The van der Waals surface area contributed by atoms with Gasteiger partial charge in [0.15, 0.2) is 0 Å². The van der Waals surface area contributed by atoms with Crippen molar-refractivity contribution in [1.82, 2.24) is 14.9 Å². The predicted octanol–water partition coefficient (Wildman–Crippen LogP) is 1.65. The monoisotopic (exact) mass is 246 g/mol. The second-order valence-corrected chi connectivity index (χ2v) is 3.66. The molecule has 0 aliphatic rings. The molecule has 1 N–H and O–H groups in total. The molecule has 2 rings (SSSR count). The Morgan fingerprint density at radius 1 is 1.39 bits per heavy atom. The zero-order chi connectivity index (χ0) is 12.8. The fourth-order valence-corrected chi connectivity index (χ4v) is 1.33. The van der Waals surface area contributed by atoms with E-state index in [9.17, 15) is 5.11 Å². The Balaban J connectivity index is 2.10. The lowest BCUT2D eigenvalue weighted by Gasteiger charge is -2.05. The molecule has 0 aliphatic heterocycles. The maximum absolute atomic E-state index is 9.81. The van der Waals surface area contributed by atoms with Crippen LogP contribution >= 0.6 is 0 Å². The average molecular weight is 246 g/mol. The van der Waals surface area contributed by atoms with Crippen LogP contribution in [0.15, 0.2) is 36.0 Å². The number of nitrogens with zero attached hydrogens (tertiary/aromatic N) is 4. The summed E-state index contributed by atoms with van der Waals surface area (Å²) < 4.78 is 6.86. The van der Waals surface area contributed by atoms with Crippen LogP contribution in [0.25, 0.3) is 0 Å². The summed E-state index contributed by atoms with van der Waals surface area (Å²) in [6, 6.07) is 5.11. The van der Waals surface area contributed by atoms with E-state index in [2.05, 4.69) is 15.3 Å². The van der Waals surface area contributed by atoms with Crippen molar-refractivity contribution in [3.8, 4) is 11.5 Å². The molecule has 0 amide bonds. The van der Waals surface area contributed by atoms with Gasteiger partial charge in [0.1, 0.15) is 24.2 Å². The molecule has 1 aromatic heterocycles. The number of ether oxygens (including phenoxy) is 1. The maximum Gasteiger partial charge on any atom is 0.141 e. The van der Waals surface area contributed by atoms with Crippen LogP contribution in [-0.4, -0.2) is 32.8 Å². The normalized spacial score (nSPS) is 10.9. The topological polar surface area (TPSA) is 72.5 Å². The zero-order valence-corrected chi connectivity index (χ0v) is 10.0. The van der Waals surface area contributed by atoms with E-state index in [0.29, 0.717) is 17.9 Å². The summed E-state index contributed by atoms with van der Waals surface area (Å²) in [5, 5.41) is 21.1. The molecule has 0 radical (unpaired) electrons. The van der Waals surface area contributed by atoms with Crippen LogP contribution in [0.3, 0.4) is 0 Å². The van der Waals surface area contributed by atoms with Gasteiger partial charge in [0, 0.05) is 11.6 Å². The largest absolute Gasteiger partial charge is 0.507 e. The molecule has 18 heavy (non-hydrogen) atoms. The fourth-order valence-electron chi connectivity index (χ4n) is 1.33. The van der Waals surface area contributed by atoms with Crippen molar-refractivity contribution in [2.24, 2.45) is 5.10 Å². The molecular weight excluding hydrogens is 232 g/mol. The summed E-state index contributed by atoms with van der Waals surface area (Å²) in [6.07, 6.45) is 5.39. The Bertz CT molecular complexity index is 523. The van der Waals surface area contributed by atoms with E-state index in [1.165, 1.54) is 23.5 Å². The van der Waals surface area contributed by atoms with Gasteiger partial charge in [-0.05, 0) is 18.6 Å². The van der Waals surface area contributed by atoms with E-state index >= 15 is 0 Å². The minimum absolute atomic E-state index is 0.125. The molecular formula is C12H14N4O2. The summed E-state index contributed by atoms with van der Waals surface area (Å²) in [7, 11) is 0. The van der Waals surface area contributed by atoms with E-state index in [1.807, 2.05) is 6.92 Å². The molecule has 6 heteroatoms. The second kappa shape index (κ2) is 5.81. The van der Waals surface area contributed by atoms with Gasteiger partial charge in [-0.3, -0.25) is 0 Å². The molecule has 94 valence electrons. The van der Waals surface area contributed by atoms with Gasteiger partial charge in [-0.25, -0.2) is 4.68 Å². The highest BCUT2D eigenvalue weighted by molar-refractivity contribution is 5.83. The molecule has 0 saturated carbocycles. The highest BCUT2D eigenvalue weighted by atomic mass is 16.5. The molecule has 1 aromatic carbocycles. The molecule has 0 aliphatic carbocycles. The van der Waals surface area contributed by atoms with Crippen LogP contribution in [0.4, 0.5) is 0 Å². The third-order valence-corrected chi connectivity index (χ3v) is 2.21. The van der Waals surface area contributed by atoms with Gasteiger partial charge >= 0.3 is 0 Å². The smallest absolute Gasteiger partial charge is 0.141 e. The lowest BCUT2D eigenvalue weighted by Crippen LogP contribution is -1.95. The number of aromatic nitrogens is 3. The number of benzene rings is 1. The number of phenols is 1. The highest BCUT2D eigenvalue weighted by Gasteiger charge is 2.01. The Morgan fingerprint density at radius 3 is 2.83 bits per heavy atom. The molecule has 0 spiro atoms. The van der Waals surface area contributed by atoms with Crippen molar-refractivity contribution in [1.29, 1.82) is 0 Å². The van der Waals surface area contributed by atoms with E-state index in [-0.39, 0.29) is 5.75 Å². The van der Waals surface area contributed by atoms with Crippen molar-refractivity contribution < 1.29 is 9.84 Å². The quantitative estimate of drug-likeness (QED) is 0.814. The highest BCUT2D eigenvalue weighted by Crippen LogP contribution is 2.22. The number of hydrogen-bond donors (Lipinski definition) is 1. The summed E-state index contributed by atoms with van der Waals surface area (Å²) in [4.78, 5) is 0. The van der Waals surface area contributed by atoms with Gasteiger partial charge in [-0.15, -0.1) is 10.2 Å². The molecule has 0 bridgehead atoms. The van der Waals surface area contributed by atoms with E-state index < -0.39 is 0 Å². The molecule has 0 fully saturated rings. The van der Waals surface area contributed by atoms with Gasteiger partial charge in [0.2, 0.25) is 0 Å². The first-order valence-corrected chi connectivity index (χ1v) is 5.64. The number of hydrogen-bond acceptors (Lipinski definition) is 5. The average Bonchev–Trinajstić information content (AvgIpc) is 2.88. The number of phenolic OH excluding ortho intramolecular Hbond substituents is 1. The van der Waals surface area contributed by atoms with Gasteiger partial charge in [-0.1, -0.05) is 6.92 Å². The molecule has 6 nitrogen and oxygen atoms in total. The second-order valence-electron chi connectivity index (χ2n) is 3.66. The van der Waals surface area contributed by atoms with Crippen LogP contribution in [0.5, 0.6) is 11.5 Å². The minimum atomic E-state index is 0.125. The van der Waals surface area contributed by atoms with Crippen LogP contribution in [-0.2, 0) is 0 Å². The lowest BCUT2D eigenvalue weighted by atomic mass is 10.2. The fraction of sp³-hybridized carbons (Fsp3) is 0.250. The summed E-state index contributed by atoms with van der Waals surface area (Å²) in [5.41, 5.74) is 0.604. The third-order valence-electron chi connectivity index (χ3n) is 2.21. The zero-order valence-electron chi connectivity index (χ0n) is 10.0. The lowest BCUT2D eigenvalue weighted by molar-refractivity contribution is 0.315. The first-order chi connectivity index (χ1) is 8.79. The SMILES string of the molecule is CCCOc1ccc(C=Nn2cnnc2)c(O)c1. The summed E-state index contributed by atoms with van der Waals surface area (Å²) in [6.45, 7) is 2.66. The van der Waals surface area contributed by atoms with Crippen molar-refractivity contribution >= 4 is 6.21 Å². The van der Waals surface area contributed by atoms with Crippen LogP contribution in [0.2, 0.25) is 0 Å². The van der Waals surface area contributed by atoms with Gasteiger partial charge in [0.05, 0.1) is 12.8 Å². The summed E-state index contributed by atoms with van der Waals surface area (Å²) >= 11 is 0. The van der Waals surface area contributed by atoms with Crippen LogP contribution in [0, 0.1) is 0 Å². The van der Waals surface area contributed by atoms with Crippen LogP contribution < -0.4 is 4.74 Å². The van der Waals surface area contributed by atoms with Crippen molar-refractivity contribution in [3.63, 3.8) is 0 Å². The van der Waals surface area contributed by atoms with Crippen LogP contribution in [0.1, 0.15) is 18.9 Å². The summed E-state index contributed by atoms with van der Waals surface area (Å²) in [5.74, 6) is 0.774. The minimum Gasteiger partial charge on any atom is -0.507 e. The van der Waals surface area contributed by atoms with Crippen molar-refractivity contribution in [3.05, 3.63) is 36.4 Å². The Labute approximate surface area is 105 Å². The van der Waals surface area contributed by atoms with Gasteiger partial charge in [-0.2, -0.15) is 5.10 Å². The molecule has 1 heterocycles. The molecule has 0 saturated heterocycles. The molecule has 0 atom stereocenters. The van der Waals surface area contributed by atoms with Crippen molar-refractivity contribution in [2.45, 2.75) is 13.3 Å². The number of rotatable bonds is 5. The predicted molar refractivity (Wildman–Crippen MR) is 66.9 cm³/mol. The van der Waals surface area contributed by atoms with Gasteiger partial charge in [0.25, 0.3) is 0 Å². The van der Waals surface area contributed by atoms with E-state index in [1.54, 1.807) is 18.2 Å². The first-order valence-electron chi connectivity index (χ1n) is 5.64. The Kier molecular flexibility index (Phi) is 3.90. The molecule has 0 unspecified atom stereocenters. The first kappa shape index (κ1) is 12.1. The van der Waals surface area contributed by atoms with Gasteiger partial charge < -0.3 is 9.84 Å².